The summed E-state index contributed by atoms with van der Waals surface area (Å²) in [5.41, 5.74) is 1.63. The second-order valence-corrected chi connectivity index (χ2v) is 7.39. The molecule has 0 saturated carbocycles. The lowest BCUT2D eigenvalue weighted by atomic mass is 9.96. The Morgan fingerprint density at radius 3 is 2.68 bits per heavy atom. The first-order chi connectivity index (χ1) is 13.4. The molecule has 0 radical (unpaired) electrons. The van der Waals surface area contributed by atoms with Crippen molar-refractivity contribution in [2.45, 2.75) is 26.3 Å². The lowest BCUT2D eigenvalue weighted by molar-refractivity contribution is 0.0675. The van der Waals surface area contributed by atoms with Gasteiger partial charge in [0, 0.05) is 38.4 Å². The zero-order valence-electron chi connectivity index (χ0n) is 15.9. The maximum atomic E-state index is 13.3. The molecule has 28 heavy (non-hydrogen) atoms. The molecule has 1 saturated heterocycles. The highest BCUT2D eigenvalue weighted by Crippen LogP contribution is 2.20. The number of carbonyl (C=O) groups excluding carboxylic acids is 1. The number of amides is 1. The minimum absolute atomic E-state index is 0.0475. The SMILES string of the molecule is Cc1cc(C(=O)N2CCC(Cn3cnc4cc(F)ccc4c3=O)CC2)nn1C. The maximum Gasteiger partial charge on any atom is 0.274 e. The Morgan fingerprint density at radius 1 is 1.25 bits per heavy atom. The van der Waals surface area contributed by atoms with Gasteiger partial charge < -0.3 is 4.90 Å². The fourth-order valence-electron chi connectivity index (χ4n) is 3.69. The fraction of sp³-hybridized carbons (Fsp3) is 0.400. The van der Waals surface area contributed by atoms with Gasteiger partial charge in [0.2, 0.25) is 0 Å². The monoisotopic (exact) mass is 383 g/mol. The van der Waals surface area contributed by atoms with E-state index < -0.39 is 5.82 Å². The Balaban J connectivity index is 1.42. The van der Waals surface area contributed by atoms with E-state index in [0.29, 0.717) is 36.2 Å². The van der Waals surface area contributed by atoms with Crippen molar-refractivity contribution >= 4 is 16.8 Å². The van der Waals surface area contributed by atoms with Crippen molar-refractivity contribution in [3.8, 4) is 0 Å². The minimum atomic E-state index is -0.405. The lowest BCUT2D eigenvalue weighted by Crippen LogP contribution is -2.40. The first kappa shape index (κ1) is 18.3. The van der Waals surface area contributed by atoms with E-state index in [4.69, 9.17) is 0 Å². The standard InChI is InChI=1S/C20H22FN5O2/c1-13-9-18(23-24(13)2)20(28)25-7-5-14(6-8-25)11-26-12-22-17-10-15(21)3-4-16(17)19(26)27/h3-4,9-10,12,14H,5-8,11H2,1-2H3. The normalized spacial score (nSPS) is 15.3. The number of likely N-dealkylation sites (tertiary alicyclic amines) is 1. The van der Waals surface area contributed by atoms with Gasteiger partial charge in [0.05, 0.1) is 17.2 Å². The van der Waals surface area contributed by atoms with Crippen LogP contribution in [0.15, 0.2) is 35.4 Å². The first-order valence-electron chi connectivity index (χ1n) is 9.37. The molecule has 3 heterocycles. The summed E-state index contributed by atoms with van der Waals surface area (Å²) in [6.07, 6.45) is 3.11. The van der Waals surface area contributed by atoms with Crippen LogP contribution in [0.25, 0.3) is 10.9 Å². The van der Waals surface area contributed by atoms with Crippen LogP contribution in [-0.4, -0.2) is 43.2 Å². The molecule has 0 spiro atoms. The molecule has 2 aromatic heterocycles. The quantitative estimate of drug-likeness (QED) is 0.695. The molecular formula is C20H22FN5O2. The largest absolute Gasteiger partial charge is 0.337 e. The number of fused-ring (bicyclic) bond motifs is 1. The summed E-state index contributed by atoms with van der Waals surface area (Å²) in [5.74, 6) is -0.169. The van der Waals surface area contributed by atoms with Gasteiger partial charge in [0.1, 0.15) is 5.82 Å². The number of piperidine rings is 1. The molecule has 1 aliphatic heterocycles. The van der Waals surface area contributed by atoms with Crippen LogP contribution in [0.4, 0.5) is 4.39 Å². The average Bonchev–Trinajstić information content (AvgIpc) is 3.02. The highest BCUT2D eigenvalue weighted by atomic mass is 19.1. The van der Waals surface area contributed by atoms with E-state index in [-0.39, 0.29) is 17.4 Å². The molecule has 8 heteroatoms. The molecule has 7 nitrogen and oxygen atoms in total. The number of halogens is 1. The number of hydrogen-bond donors (Lipinski definition) is 0. The number of rotatable bonds is 3. The molecule has 1 aromatic carbocycles. The van der Waals surface area contributed by atoms with E-state index in [2.05, 4.69) is 10.1 Å². The molecule has 0 atom stereocenters. The number of nitrogens with zero attached hydrogens (tertiary/aromatic N) is 5. The topological polar surface area (TPSA) is 73.0 Å². The van der Waals surface area contributed by atoms with E-state index in [9.17, 15) is 14.0 Å². The van der Waals surface area contributed by atoms with Gasteiger partial charge in [-0.05, 0) is 43.9 Å². The van der Waals surface area contributed by atoms with E-state index in [0.717, 1.165) is 18.5 Å². The van der Waals surface area contributed by atoms with Gasteiger partial charge >= 0.3 is 0 Å². The number of aryl methyl sites for hydroxylation is 2. The van der Waals surface area contributed by atoms with E-state index in [1.54, 1.807) is 15.3 Å². The summed E-state index contributed by atoms with van der Waals surface area (Å²) in [6.45, 7) is 3.74. The van der Waals surface area contributed by atoms with Crippen molar-refractivity contribution in [1.82, 2.24) is 24.2 Å². The molecule has 0 N–H and O–H groups in total. The van der Waals surface area contributed by atoms with E-state index in [1.165, 1.54) is 24.5 Å². The number of aromatic nitrogens is 4. The van der Waals surface area contributed by atoms with Crippen molar-refractivity contribution in [2.75, 3.05) is 13.1 Å². The Bertz CT molecular complexity index is 1080. The first-order valence-corrected chi connectivity index (χ1v) is 9.37. The summed E-state index contributed by atoms with van der Waals surface area (Å²) in [6, 6.07) is 5.83. The number of benzene rings is 1. The molecule has 1 aliphatic rings. The Morgan fingerprint density at radius 2 is 2.00 bits per heavy atom. The Hall–Kier alpha value is -3.03. The van der Waals surface area contributed by atoms with Crippen LogP contribution in [-0.2, 0) is 13.6 Å². The van der Waals surface area contributed by atoms with Crippen LogP contribution < -0.4 is 5.56 Å². The summed E-state index contributed by atoms with van der Waals surface area (Å²) in [7, 11) is 1.82. The van der Waals surface area contributed by atoms with Gasteiger partial charge in [-0.25, -0.2) is 9.37 Å². The van der Waals surface area contributed by atoms with Crippen molar-refractivity contribution in [3.63, 3.8) is 0 Å². The van der Waals surface area contributed by atoms with Crippen molar-refractivity contribution in [2.24, 2.45) is 13.0 Å². The van der Waals surface area contributed by atoms with Crippen LogP contribution in [0.3, 0.4) is 0 Å². The van der Waals surface area contributed by atoms with Gasteiger partial charge in [-0.3, -0.25) is 18.8 Å². The average molecular weight is 383 g/mol. The van der Waals surface area contributed by atoms with Crippen LogP contribution in [0.5, 0.6) is 0 Å². The van der Waals surface area contributed by atoms with Gasteiger partial charge in [0.25, 0.3) is 11.5 Å². The van der Waals surface area contributed by atoms with Gasteiger partial charge in [0.15, 0.2) is 5.69 Å². The second kappa shape index (κ2) is 7.18. The molecule has 1 fully saturated rings. The molecule has 0 bridgehead atoms. The summed E-state index contributed by atoms with van der Waals surface area (Å²) >= 11 is 0. The zero-order valence-corrected chi connectivity index (χ0v) is 15.9. The molecule has 3 aromatic rings. The Labute approximate surface area is 161 Å². The van der Waals surface area contributed by atoms with Crippen molar-refractivity contribution in [1.29, 1.82) is 0 Å². The zero-order chi connectivity index (χ0) is 19.8. The van der Waals surface area contributed by atoms with Crippen LogP contribution >= 0.6 is 0 Å². The smallest absolute Gasteiger partial charge is 0.274 e. The molecule has 0 unspecified atom stereocenters. The highest BCUT2D eigenvalue weighted by Gasteiger charge is 2.25. The lowest BCUT2D eigenvalue weighted by Gasteiger charge is -2.31. The third kappa shape index (κ3) is 3.42. The van der Waals surface area contributed by atoms with Gasteiger partial charge in [-0.15, -0.1) is 0 Å². The minimum Gasteiger partial charge on any atom is -0.337 e. The maximum absolute atomic E-state index is 13.3. The van der Waals surface area contributed by atoms with E-state index >= 15 is 0 Å². The number of carbonyl (C=O) groups is 1. The fourth-order valence-corrected chi connectivity index (χ4v) is 3.69. The second-order valence-electron chi connectivity index (χ2n) is 7.39. The predicted octanol–water partition coefficient (Wildman–Crippen LogP) is 2.13. The third-order valence-corrected chi connectivity index (χ3v) is 5.48. The summed E-state index contributed by atoms with van der Waals surface area (Å²) in [5, 5.41) is 4.68. The van der Waals surface area contributed by atoms with Crippen LogP contribution in [0.2, 0.25) is 0 Å². The highest BCUT2D eigenvalue weighted by molar-refractivity contribution is 5.92. The molecule has 146 valence electrons. The van der Waals surface area contributed by atoms with E-state index in [1.807, 2.05) is 18.9 Å². The van der Waals surface area contributed by atoms with Gasteiger partial charge in [-0.2, -0.15) is 5.10 Å². The Kier molecular flexibility index (Phi) is 4.70. The molecule has 0 aliphatic carbocycles. The third-order valence-electron chi connectivity index (χ3n) is 5.48. The van der Waals surface area contributed by atoms with Crippen LogP contribution in [0.1, 0.15) is 29.0 Å². The predicted molar refractivity (Wildman–Crippen MR) is 103 cm³/mol. The molecular weight excluding hydrogens is 361 g/mol. The molecule has 4 rings (SSSR count). The number of hydrogen-bond acceptors (Lipinski definition) is 4. The molecule has 1 amide bonds. The van der Waals surface area contributed by atoms with Crippen LogP contribution in [0, 0.1) is 18.7 Å². The summed E-state index contributed by atoms with van der Waals surface area (Å²) < 4.78 is 16.6. The van der Waals surface area contributed by atoms with Crippen molar-refractivity contribution in [3.05, 3.63) is 58.2 Å². The van der Waals surface area contributed by atoms with Crippen molar-refractivity contribution < 1.29 is 9.18 Å². The summed E-state index contributed by atoms with van der Waals surface area (Å²) in [4.78, 5) is 31.3. The van der Waals surface area contributed by atoms with Gasteiger partial charge in [-0.1, -0.05) is 0 Å².